The van der Waals surface area contributed by atoms with E-state index in [0.717, 1.165) is 16.2 Å². The van der Waals surface area contributed by atoms with Gasteiger partial charge in [-0.05, 0) is 37.1 Å². The van der Waals surface area contributed by atoms with Crippen molar-refractivity contribution in [1.29, 1.82) is 5.26 Å². The van der Waals surface area contributed by atoms with Crippen LogP contribution in [0.15, 0.2) is 24.3 Å². The molecular formula is C22H21FN4O5. The van der Waals surface area contributed by atoms with Crippen molar-refractivity contribution >= 4 is 29.5 Å². The van der Waals surface area contributed by atoms with Gasteiger partial charge in [0.15, 0.2) is 6.61 Å². The van der Waals surface area contributed by atoms with Gasteiger partial charge in [-0.2, -0.15) is 5.26 Å². The highest BCUT2D eigenvalue weighted by Crippen LogP contribution is 2.27. The molecule has 0 unspecified atom stereocenters. The minimum absolute atomic E-state index is 0.0489. The van der Waals surface area contributed by atoms with Gasteiger partial charge in [0, 0.05) is 25.1 Å². The fraction of sp³-hybridized carbons (Fsp3) is 0.318. The molecule has 0 bridgehead atoms. The van der Waals surface area contributed by atoms with E-state index in [0.29, 0.717) is 5.56 Å². The summed E-state index contributed by atoms with van der Waals surface area (Å²) in [4.78, 5) is 48.3. The number of rotatable bonds is 7. The SMILES string of the molecule is Cc1c(C#N)c(NC(=O)COC(=O)CN2C(=O)CCC2=O)n(Cc2ccc(F)cc2)c1C. The van der Waals surface area contributed by atoms with Crippen LogP contribution in [0.5, 0.6) is 0 Å². The molecule has 32 heavy (non-hydrogen) atoms. The van der Waals surface area contributed by atoms with Crippen LogP contribution in [-0.2, 0) is 30.5 Å². The Morgan fingerprint density at radius 3 is 2.38 bits per heavy atom. The van der Waals surface area contributed by atoms with Crippen LogP contribution in [0.3, 0.4) is 0 Å². The molecule has 9 nitrogen and oxygen atoms in total. The van der Waals surface area contributed by atoms with Crippen molar-refractivity contribution in [2.45, 2.75) is 33.2 Å². The Bertz CT molecular complexity index is 1110. The molecule has 2 aromatic rings. The van der Waals surface area contributed by atoms with E-state index in [-0.39, 0.29) is 36.6 Å². The average molecular weight is 440 g/mol. The third kappa shape index (κ3) is 4.83. The number of nitriles is 1. The minimum Gasteiger partial charge on any atom is -0.454 e. The summed E-state index contributed by atoms with van der Waals surface area (Å²) in [5, 5.41) is 12.2. The number of likely N-dealkylation sites (tertiary alicyclic amines) is 1. The van der Waals surface area contributed by atoms with E-state index in [1.54, 1.807) is 30.5 Å². The van der Waals surface area contributed by atoms with E-state index < -0.39 is 36.8 Å². The molecule has 1 fully saturated rings. The maximum absolute atomic E-state index is 13.2. The van der Waals surface area contributed by atoms with E-state index >= 15 is 0 Å². The van der Waals surface area contributed by atoms with E-state index in [1.165, 1.54) is 12.1 Å². The van der Waals surface area contributed by atoms with Crippen molar-refractivity contribution in [2.24, 2.45) is 0 Å². The van der Waals surface area contributed by atoms with Crippen LogP contribution < -0.4 is 5.32 Å². The second-order valence-electron chi connectivity index (χ2n) is 7.34. The summed E-state index contributed by atoms with van der Waals surface area (Å²) in [6.45, 7) is 2.62. The van der Waals surface area contributed by atoms with Crippen LogP contribution in [-0.4, -0.2) is 46.3 Å². The Kier molecular flexibility index (Phi) is 6.68. The number of benzene rings is 1. The lowest BCUT2D eigenvalue weighted by Gasteiger charge is -2.14. The lowest BCUT2D eigenvalue weighted by Crippen LogP contribution is -2.36. The molecule has 0 radical (unpaired) electrons. The third-order valence-corrected chi connectivity index (χ3v) is 5.26. The quantitative estimate of drug-likeness (QED) is 0.518. The fourth-order valence-electron chi connectivity index (χ4n) is 3.39. The fourth-order valence-corrected chi connectivity index (χ4v) is 3.39. The summed E-state index contributed by atoms with van der Waals surface area (Å²) in [6, 6.07) is 7.91. The number of amides is 3. The molecule has 0 saturated carbocycles. The second kappa shape index (κ2) is 9.43. The number of ether oxygens (including phenoxy) is 1. The number of nitrogens with one attached hydrogen (secondary N) is 1. The van der Waals surface area contributed by atoms with Crippen molar-refractivity contribution in [2.75, 3.05) is 18.5 Å². The zero-order chi connectivity index (χ0) is 23.4. The molecule has 166 valence electrons. The van der Waals surface area contributed by atoms with Crippen LogP contribution in [0.4, 0.5) is 10.2 Å². The minimum atomic E-state index is -0.890. The highest BCUT2D eigenvalue weighted by Gasteiger charge is 2.31. The van der Waals surface area contributed by atoms with Crippen molar-refractivity contribution in [1.82, 2.24) is 9.47 Å². The number of carbonyl (C=O) groups is 4. The van der Waals surface area contributed by atoms with Crippen LogP contribution in [0.2, 0.25) is 0 Å². The van der Waals surface area contributed by atoms with Crippen molar-refractivity contribution in [3.8, 4) is 6.07 Å². The Hall–Kier alpha value is -4.00. The number of anilines is 1. The van der Waals surface area contributed by atoms with Gasteiger partial charge in [0.1, 0.15) is 24.2 Å². The van der Waals surface area contributed by atoms with Crippen LogP contribution >= 0.6 is 0 Å². The molecular weight excluding hydrogens is 419 g/mol. The molecule has 0 atom stereocenters. The summed E-state index contributed by atoms with van der Waals surface area (Å²) in [5.74, 6) is -2.64. The van der Waals surface area contributed by atoms with Crippen molar-refractivity contribution < 1.29 is 28.3 Å². The zero-order valence-electron chi connectivity index (χ0n) is 17.6. The topological polar surface area (TPSA) is 122 Å². The summed E-state index contributed by atoms with van der Waals surface area (Å²) < 4.78 is 19.8. The number of hydrogen-bond donors (Lipinski definition) is 1. The maximum atomic E-state index is 13.2. The van der Waals surface area contributed by atoms with Crippen LogP contribution in [0.25, 0.3) is 0 Å². The molecule has 10 heteroatoms. The monoisotopic (exact) mass is 440 g/mol. The lowest BCUT2D eigenvalue weighted by atomic mass is 10.2. The Morgan fingerprint density at radius 2 is 1.78 bits per heavy atom. The number of halogens is 1. The van der Waals surface area contributed by atoms with E-state index in [2.05, 4.69) is 11.4 Å². The predicted molar refractivity (Wildman–Crippen MR) is 110 cm³/mol. The van der Waals surface area contributed by atoms with Gasteiger partial charge < -0.3 is 14.6 Å². The molecule has 0 spiro atoms. The molecule has 3 rings (SSSR count). The summed E-state index contributed by atoms with van der Waals surface area (Å²) in [5.41, 5.74) is 2.44. The van der Waals surface area contributed by atoms with Crippen molar-refractivity contribution in [3.63, 3.8) is 0 Å². The smallest absolute Gasteiger partial charge is 0.326 e. The van der Waals surface area contributed by atoms with E-state index in [4.69, 9.17) is 4.74 Å². The first-order valence-electron chi connectivity index (χ1n) is 9.84. The van der Waals surface area contributed by atoms with E-state index in [9.17, 15) is 28.8 Å². The first-order valence-corrected chi connectivity index (χ1v) is 9.84. The predicted octanol–water partition coefficient (Wildman–Crippen LogP) is 1.79. The Morgan fingerprint density at radius 1 is 1.16 bits per heavy atom. The van der Waals surface area contributed by atoms with Crippen LogP contribution in [0.1, 0.15) is 35.2 Å². The molecule has 1 aliphatic rings. The molecule has 1 aliphatic heterocycles. The zero-order valence-corrected chi connectivity index (χ0v) is 17.6. The molecule has 3 amide bonds. The second-order valence-corrected chi connectivity index (χ2v) is 7.34. The lowest BCUT2D eigenvalue weighted by molar-refractivity contribution is -0.153. The van der Waals surface area contributed by atoms with Gasteiger partial charge in [-0.25, -0.2) is 4.39 Å². The molecule has 1 N–H and O–H groups in total. The Labute approximate surface area is 183 Å². The molecule has 1 aromatic carbocycles. The van der Waals surface area contributed by atoms with Crippen molar-refractivity contribution in [3.05, 3.63) is 52.5 Å². The number of carbonyl (C=O) groups excluding carboxylic acids is 4. The molecule has 1 saturated heterocycles. The van der Waals surface area contributed by atoms with Gasteiger partial charge in [-0.15, -0.1) is 0 Å². The number of imide groups is 1. The molecule has 2 heterocycles. The highest BCUT2D eigenvalue weighted by atomic mass is 19.1. The standard InChI is InChI=1S/C22H21FN4O5/c1-13-14(2)26(10-15-3-5-16(23)6-4-15)22(17(13)9-24)25-18(28)12-32-21(31)11-27-19(29)7-8-20(27)30/h3-6H,7-8,10-12H2,1-2H3,(H,25,28). The number of aromatic nitrogens is 1. The van der Waals surface area contributed by atoms with Gasteiger partial charge in [0.05, 0.1) is 5.56 Å². The van der Waals surface area contributed by atoms with Gasteiger partial charge in [0.2, 0.25) is 11.8 Å². The number of esters is 1. The normalized spacial score (nSPS) is 13.2. The van der Waals surface area contributed by atoms with Gasteiger partial charge in [-0.1, -0.05) is 12.1 Å². The van der Waals surface area contributed by atoms with E-state index in [1.807, 2.05) is 0 Å². The first kappa shape index (κ1) is 22.7. The average Bonchev–Trinajstić information content (AvgIpc) is 3.19. The van der Waals surface area contributed by atoms with Gasteiger partial charge in [-0.3, -0.25) is 24.1 Å². The summed E-state index contributed by atoms with van der Waals surface area (Å²) >= 11 is 0. The van der Waals surface area contributed by atoms with Crippen LogP contribution in [0, 0.1) is 31.0 Å². The summed E-state index contributed by atoms with van der Waals surface area (Å²) in [6.07, 6.45) is 0.0978. The first-order chi connectivity index (χ1) is 15.2. The highest BCUT2D eigenvalue weighted by molar-refractivity contribution is 6.04. The Balaban J connectivity index is 1.69. The summed E-state index contributed by atoms with van der Waals surface area (Å²) in [7, 11) is 0. The largest absolute Gasteiger partial charge is 0.454 e. The molecule has 0 aliphatic carbocycles. The number of nitrogens with zero attached hydrogens (tertiary/aromatic N) is 3. The number of hydrogen-bond acceptors (Lipinski definition) is 6. The molecule has 1 aromatic heterocycles. The third-order valence-electron chi connectivity index (χ3n) is 5.26. The van der Waals surface area contributed by atoms with Gasteiger partial charge in [0.25, 0.3) is 5.91 Å². The van der Waals surface area contributed by atoms with Gasteiger partial charge >= 0.3 is 5.97 Å². The maximum Gasteiger partial charge on any atom is 0.326 e.